The number of hydrogen-bond acceptors (Lipinski definition) is 8. The number of hydrogen-bond donors (Lipinski definition) is 0. The Hall–Kier alpha value is -4.57. The molecule has 10 heteroatoms. The van der Waals surface area contributed by atoms with E-state index in [4.69, 9.17) is 13.9 Å². The molecule has 2 aromatic heterocycles. The summed E-state index contributed by atoms with van der Waals surface area (Å²) >= 11 is 0. The summed E-state index contributed by atoms with van der Waals surface area (Å²) in [5.74, 6) is 0.691. The maximum atomic E-state index is 13.7. The third-order valence-corrected chi connectivity index (χ3v) is 6.51. The maximum Gasteiger partial charge on any atom is 0.260 e. The number of aryl methyl sites for hydroxylation is 2. The highest BCUT2D eigenvalue weighted by molar-refractivity contribution is 6.10. The van der Waals surface area contributed by atoms with E-state index in [9.17, 15) is 9.59 Å². The molecule has 0 saturated heterocycles. The third kappa shape index (κ3) is 6.52. The molecule has 0 aliphatic carbocycles. The Bertz CT molecular complexity index is 1470. The SMILES string of the molecule is Cc1nnc(CN2Cc3ccccc3N(C(=O)c3ccc(OCCCOCc4ccccc4)nc3C)CC2=O)o1. The van der Waals surface area contributed by atoms with Gasteiger partial charge in [0.1, 0.15) is 6.54 Å². The Kier molecular flexibility index (Phi) is 8.46. The van der Waals surface area contributed by atoms with Crippen LogP contribution in [0.2, 0.25) is 0 Å². The Morgan fingerprint density at radius 1 is 0.950 bits per heavy atom. The Balaban J connectivity index is 1.22. The highest BCUT2D eigenvalue weighted by Crippen LogP contribution is 2.28. The summed E-state index contributed by atoms with van der Waals surface area (Å²) in [4.78, 5) is 34.6. The van der Waals surface area contributed by atoms with E-state index in [0.717, 1.165) is 11.1 Å². The van der Waals surface area contributed by atoms with Gasteiger partial charge >= 0.3 is 0 Å². The number of para-hydroxylation sites is 1. The minimum absolute atomic E-state index is 0.121. The molecule has 0 radical (unpaired) electrons. The second kappa shape index (κ2) is 12.5. The molecular formula is C30H31N5O5. The first kappa shape index (κ1) is 27.0. The smallest absolute Gasteiger partial charge is 0.260 e. The van der Waals surface area contributed by atoms with Crippen molar-refractivity contribution in [3.8, 4) is 5.88 Å². The summed E-state index contributed by atoms with van der Waals surface area (Å²) in [5.41, 5.74) is 3.58. The second-order valence-electron chi connectivity index (χ2n) is 9.51. The average molecular weight is 542 g/mol. The van der Waals surface area contributed by atoms with Crippen LogP contribution in [-0.2, 0) is 29.2 Å². The number of pyridine rings is 1. The first-order chi connectivity index (χ1) is 19.5. The quantitative estimate of drug-likeness (QED) is 0.274. The van der Waals surface area contributed by atoms with Gasteiger partial charge in [0.05, 0.1) is 37.6 Å². The number of carbonyl (C=O) groups excluding carboxylic acids is 2. The van der Waals surface area contributed by atoms with Crippen LogP contribution in [0.4, 0.5) is 5.69 Å². The molecule has 1 aliphatic heterocycles. The van der Waals surface area contributed by atoms with Crippen molar-refractivity contribution < 1.29 is 23.5 Å². The summed E-state index contributed by atoms with van der Waals surface area (Å²) < 4.78 is 17.0. The van der Waals surface area contributed by atoms with Gasteiger partial charge in [-0.05, 0) is 30.2 Å². The van der Waals surface area contributed by atoms with Gasteiger partial charge in [-0.3, -0.25) is 14.5 Å². The maximum absolute atomic E-state index is 13.7. The van der Waals surface area contributed by atoms with Gasteiger partial charge in [0.25, 0.3) is 5.91 Å². The van der Waals surface area contributed by atoms with Gasteiger partial charge in [0.15, 0.2) is 0 Å². The van der Waals surface area contributed by atoms with E-state index in [2.05, 4.69) is 15.2 Å². The minimum Gasteiger partial charge on any atom is -0.478 e. The molecule has 0 fully saturated rings. The lowest BCUT2D eigenvalue weighted by Gasteiger charge is -2.23. The molecule has 206 valence electrons. The number of benzene rings is 2. The van der Waals surface area contributed by atoms with E-state index in [-0.39, 0.29) is 24.9 Å². The summed E-state index contributed by atoms with van der Waals surface area (Å²) in [6.45, 7) is 5.39. The van der Waals surface area contributed by atoms with Crippen molar-refractivity contribution in [2.45, 2.75) is 40.0 Å². The summed E-state index contributed by atoms with van der Waals surface area (Å²) in [5, 5.41) is 7.86. The highest BCUT2D eigenvalue weighted by atomic mass is 16.5. The first-order valence-electron chi connectivity index (χ1n) is 13.2. The van der Waals surface area contributed by atoms with Crippen LogP contribution in [-0.4, -0.2) is 51.7 Å². The normalized spacial score (nSPS) is 13.2. The van der Waals surface area contributed by atoms with Gasteiger partial charge in [-0.2, -0.15) is 0 Å². The van der Waals surface area contributed by atoms with Crippen LogP contribution < -0.4 is 9.64 Å². The lowest BCUT2D eigenvalue weighted by Crippen LogP contribution is -2.40. The fraction of sp³-hybridized carbons (Fsp3) is 0.300. The Labute approximate surface area is 232 Å². The summed E-state index contributed by atoms with van der Waals surface area (Å²) in [6, 6.07) is 20.9. The van der Waals surface area contributed by atoms with Crippen LogP contribution in [0.25, 0.3) is 0 Å². The number of aromatic nitrogens is 3. The van der Waals surface area contributed by atoms with Gasteiger partial charge < -0.3 is 18.8 Å². The van der Waals surface area contributed by atoms with E-state index in [1.54, 1.807) is 30.9 Å². The van der Waals surface area contributed by atoms with E-state index in [0.29, 0.717) is 67.4 Å². The van der Waals surface area contributed by atoms with E-state index in [1.807, 2.05) is 54.6 Å². The number of nitrogens with zero attached hydrogens (tertiary/aromatic N) is 5. The number of carbonyl (C=O) groups is 2. The van der Waals surface area contributed by atoms with Crippen molar-refractivity contribution in [3.05, 3.63) is 101 Å². The van der Waals surface area contributed by atoms with Crippen LogP contribution in [0, 0.1) is 13.8 Å². The molecule has 2 aromatic carbocycles. The van der Waals surface area contributed by atoms with Crippen molar-refractivity contribution in [2.24, 2.45) is 0 Å². The van der Waals surface area contributed by atoms with E-state index in [1.165, 1.54) is 4.90 Å². The Morgan fingerprint density at radius 3 is 2.52 bits per heavy atom. The fourth-order valence-electron chi connectivity index (χ4n) is 4.50. The molecular weight excluding hydrogens is 510 g/mol. The third-order valence-electron chi connectivity index (χ3n) is 6.51. The molecule has 0 bridgehead atoms. The van der Waals surface area contributed by atoms with Gasteiger partial charge in [-0.1, -0.05) is 48.5 Å². The molecule has 0 atom stereocenters. The molecule has 5 rings (SSSR count). The molecule has 0 N–H and O–H groups in total. The van der Waals surface area contributed by atoms with Crippen LogP contribution >= 0.6 is 0 Å². The van der Waals surface area contributed by atoms with Crippen molar-refractivity contribution >= 4 is 17.5 Å². The number of rotatable bonds is 10. The lowest BCUT2D eigenvalue weighted by atomic mass is 10.1. The highest BCUT2D eigenvalue weighted by Gasteiger charge is 2.31. The summed E-state index contributed by atoms with van der Waals surface area (Å²) in [6.07, 6.45) is 0.709. The summed E-state index contributed by atoms with van der Waals surface area (Å²) in [7, 11) is 0. The number of fused-ring (bicyclic) bond motifs is 1. The van der Waals surface area contributed by atoms with Crippen molar-refractivity contribution in [1.82, 2.24) is 20.1 Å². The molecule has 40 heavy (non-hydrogen) atoms. The minimum atomic E-state index is -0.304. The number of ether oxygens (including phenoxy) is 2. The van der Waals surface area contributed by atoms with Crippen LogP contribution in [0.1, 0.15) is 45.4 Å². The van der Waals surface area contributed by atoms with Crippen LogP contribution in [0.3, 0.4) is 0 Å². The fourth-order valence-corrected chi connectivity index (χ4v) is 4.50. The standard InChI is InChI=1S/C30H31N5O5/c1-21-25(13-14-27(31-21)39-16-8-15-38-20-23-9-4-3-5-10-23)30(37)35-19-29(36)34(18-28-33-32-22(2)40-28)17-24-11-6-7-12-26(24)35/h3-7,9-14H,8,15-20H2,1-2H3. The monoisotopic (exact) mass is 541 g/mol. The Morgan fingerprint density at radius 2 is 1.75 bits per heavy atom. The molecule has 0 unspecified atom stereocenters. The average Bonchev–Trinajstić information content (AvgIpc) is 3.32. The molecule has 10 nitrogen and oxygen atoms in total. The number of amides is 2. The first-order valence-corrected chi connectivity index (χ1v) is 13.2. The zero-order chi connectivity index (χ0) is 27.9. The van der Waals surface area contributed by atoms with E-state index >= 15 is 0 Å². The second-order valence-corrected chi connectivity index (χ2v) is 9.51. The van der Waals surface area contributed by atoms with Crippen molar-refractivity contribution in [1.29, 1.82) is 0 Å². The molecule has 0 spiro atoms. The van der Waals surface area contributed by atoms with Crippen molar-refractivity contribution in [3.63, 3.8) is 0 Å². The van der Waals surface area contributed by atoms with Gasteiger partial charge in [0.2, 0.25) is 23.6 Å². The van der Waals surface area contributed by atoms with Crippen LogP contribution in [0.5, 0.6) is 5.88 Å². The van der Waals surface area contributed by atoms with Crippen LogP contribution in [0.15, 0.2) is 71.1 Å². The zero-order valence-corrected chi connectivity index (χ0v) is 22.6. The predicted octanol–water partition coefficient (Wildman–Crippen LogP) is 4.26. The van der Waals surface area contributed by atoms with Gasteiger partial charge in [-0.25, -0.2) is 4.98 Å². The topological polar surface area (TPSA) is 111 Å². The lowest BCUT2D eigenvalue weighted by molar-refractivity contribution is -0.131. The molecule has 3 heterocycles. The zero-order valence-electron chi connectivity index (χ0n) is 22.6. The van der Waals surface area contributed by atoms with E-state index < -0.39 is 0 Å². The largest absolute Gasteiger partial charge is 0.478 e. The molecule has 4 aromatic rings. The molecule has 2 amide bonds. The predicted molar refractivity (Wildman–Crippen MR) is 147 cm³/mol. The number of anilines is 1. The van der Waals surface area contributed by atoms with Gasteiger partial charge in [0, 0.05) is 31.6 Å². The molecule has 0 saturated carbocycles. The molecule has 1 aliphatic rings. The van der Waals surface area contributed by atoms with Gasteiger partial charge in [-0.15, -0.1) is 10.2 Å². The van der Waals surface area contributed by atoms with Crippen molar-refractivity contribution in [2.75, 3.05) is 24.7 Å².